The Balaban J connectivity index is 1.59. The van der Waals surface area contributed by atoms with Gasteiger partial charge in [0.25, 0.3) is 5.91 Å². The van der Waals surface area contributed by atoms with Crippen molar-refractivity contribution in [1.29, 1.82) is 0 Å². The number of nitrogens with zero attached hydrogens (tertiary/aromatic N) is 2. The maximum atomic E-state index is 13.4. The predicted octanol–water partition coefficient (Wildman–Crippen LogP) is 3.35. The van der Waals surface area contributed by atoms with Crippen LogP contribution in [0.5, 0.6) is 0 Å². The Hall–Kier alpha value is -3.22. The second kappa shape index (κ2) is 7.89. The molecule has 0 spiro atoms. The molecule has 0 saturated carbocycles. The second-order valence-electron chi connectivity index (χ2n) is 7.76. The van der Waals surface area contributed by atoms with Crippen molar-refractivity contribution >= 4 is 23.5 Å². The molecule has 1 atom stereocenters. The molecular formula is C23H24FN3O3. The first-order valence-corrected chi connectivity index (χ1v) is 10.2. The van der Waals surface area contributed by atoms with E-state index in [0.29, 0.717) is 24.9 Å². The van der Waals surface area contributed by atoms with Crippen LogP contribution in [0, 0.1) is 5.82 Å². The molecule has 0 aromatic heterocycles. The Bertz CT molecular complexity index is 991. The fraction of sp³-hybridized carbons (Fsp3) is 0.348. The maximum Gasteiger partial charge on any atom is 0.325 e. The minimum atomic E-state index is -1.27. The van der Waals surface area contributed by atoms with E-state index >= 15 is 0 Å². The summed E-state index contributed by atoms with van der Waals surface area (Å²) in [4.78, 5) is 41.7. The largest absolute Gasteiger partial charge is 0.325 e. The number of imide groups is 1. The lowest BCUT2D eigenvalue weighted by Crippen LogP contribution is -2.45. The number of rotatable bonds is 6. The number of hydrogen-bond acceptors (Lipinski definition) is 3. The van der Waals surface area contributed by atoms with Gasteiger partial charge in [0.1, 0.15) is 17.9 Å². The molecule has 2 aliphatic rings. The van der Waals surface area contributed by atoms with Crippen LogP contribution in [0.15, 0.2) is 48.5 Å². The first kappa shape index (κ1) is 20.1. The van der Waals surface area contributed by atoms with Gasteiger partial charge in [0.2, 0.25) is 5.91 Å². The highest BCUT2D eigenvalue weighted by molar-refractivity contribution is 6.11. The van der Waals surface area contributed by atoms with Crippen LogP contribution in [-0.2, 0) is 21.5 Å². The van der Waals surface area contributed by atoms with Crippen LogP contribution in [0.1, 0.15) is 37.3 Å². The molecule has 30 heavy (non-hydrogen) atoms. The lowest BCUT2D eigenvalue weighted by atomic mass is 9.85. The van der Waals surface area contributed by atoms with Crippen molar-refractivity contribution in [2.45, 2.75) is 38.1 Å². The van der Waals surface area contributed by atoms with Crippen molar-refractivity contribution in [2.24, 2.45) is 0 Å². The molecule has 1 saturated heterocycles. The van der Waals surface area contributed by atoms with Crippen molar-refractivity contribution in [2.75, 3.05) is 18.0 Å². The SMILES string of the molecule is CCCC[C@@]1(c2ccc(F)cc2)NC(=O)N(CC(=O)N2CCc3ccccc32)C1=O. The second-order valence-corrected chi connectivity index (χ2v) is 7.76. The Labute approximate surface area is 174 Å². The van der Waals surface area contributed by atoms with Gasteiger partial charge in [0.15, 0.2) is 0 Å². The fourth-order valence-electron chi connectivity index (χ4n) is 4.27. The van der Waals surface area contributed by atoms with E-state index < -0.39 is 23.3 Å². The normalized spacial score (nSPS) is 20.5. The van der Waals surface area contributed by atoms with Gasteiger partial charge in [-0.2, -0.15) is 0 Å². The van der Waals surface area contributed by atoms with Crippen molar-refractivity contribution < 1.29 is 18.8 Å². The molecule has 6 nitrogen and oxygen atoms in total. The number of urea groups is 1. The molecule has 2 heterocycles. The zero-order valence-corrected chi connectivity index (χ0v) is 16.9. The summed E-state index contributed by atoms with van der Waals surface area (Å²) in [5.74, 6) is -1.18. The Morgan fingerprint density at radius 1 is 1.13 bits per heavy atom. The third-order valence-corrected chi connectivity index (χ3v) is 5.90. The van der Waals surface area contributed by atoms with E-state index in [1.807, 2.05) is 31.2 Å². The average Bonchev–Trinajstić information content (AvgIpc) is 3.28. The summed E-state index contributed by atoms with van der Waals surface area (Å²) in [5.41, 5.74) is 1.15. The summed E-state index contributed by atoms with van der Waals surface area (Å²) in [6.07, 6.45) is 2.66. The molecule has 2 aliphatic heterocycles. The molecule has 1 N–H and O–H groups in total. The highest BCUT2D eigenvalue weighted by Crippen LogP contribution is 2.35. The molecule has 1 fully saturated rings. The Morgan fingerprint density at radius 2 is 1.87 bits per heavy atom. The highest BCUT2D eigenvalue weighted by Gasteiger charge is 2.52. The van der Waals surface area contributed by atoms with E-state index in [1.54, 1.807) is 4.90 Å². The molecule has 4 amide bonds. The van der Waals surface area contributed by atoms with E-state index in [0.717, 1.165) is 29.0 Å². The molecule has 0 aliphatic carbocycles. The zero-order valence-electron chi connectivity index (χ0n) is 16.9. The van der Waals surface area contributed by atoms with E-state index in [9.17, 15) is 18.8 Å². The van der Waals surface area contributed by atoms with Crippen LogP contribution in [0.4, 0.5) is 14.9 Å². The van der Waals surface area contributed by atoms with Crippen LogP contribution in [0.2, 0.25) is 0 Å². The molecule has 2 aromatic rings. The monoisotopic (exact) mass is 409 g/mol. The summed E-state index contributed by atoms with van der Waals surface area (Å²) < 4.78 is 13.4. The molecule has 4 rings (SSSR count). The number of nitrogens with one attached hydrogen (secondary N) is 1. The quantitative estimate of drug-likeness (QED) is 0.744. The van der Waals surface area contributed by atoms with Crippen LogP contribution in [-0.4, -0.2) is 35.8 Å². The van der Waals surface area contributed by atoms with Crippen LogP contribution in [0.25, 0.3) is 0 Å². The van der Waals surface area contributed by atoms with Gasteiger partial charge in [-0.1, -0.05) is 50.1 Å². The summed E-state index contributed by atoms with van der Waals surface area (Å²) in [7, 11) is 0. The number of benzene rings is 2. The number of carbonyl (C=O) groups is 3. The smallest absolute Gasteiger partial charge is 0.319 e. The van der Waals surface area contributed by atoms with Crippen LogP contribution in [0.3, 0.4) is 0 Å². The highest BCUT2D eigenvalue weighted by atomic mass is 19.1. The van der Waals surface area contributed by atoms with Gasteiger partial charge >= 0.3 is 6.03 Å². The molecule has 0 radical (unpaired) electrons. The third-order valence-electron chi connectivity index (χ3n) is 5.90. The van der Waals surface area contributed by atoms with Crippen molar-refractivity contribution in [3.05, 3.63) is 65.5 Å². The number of carbonyl (C=O) groups excluding carboxylic acids is 3. The zero-order chi connectivity index (χ0) is 21.3. The third kappa shape index (κ3) is 3.34. The van der Waals surface area contributed by atoms with Gasteiger partial charge in [-0.05, 0) is 42.2 Å². The van der Waals surface area contributed by atoms with E-state index in [1.165, 1.54) is 24.3 Å². The lowest BCUT2D eigenvalue weighted by Gasteiger charge is -2.27. The van der Waals surface area contributed by atoms with Gasteiger partial charge < -0.3 is 10.2 Å². The standard InChI is InChI=1S/C23H24FN3O3/c1-2-3-13-23(17-8-10-18(24)11-9-17)21(29)27(22(30)25-23)15-20(28)26-14-12-16-6-4-5-7-19(16)26/h4-11H,2-3,12-15H2,1H3,(H,25,30)/t23-/m0/s1. The summed E-state index contributed by atoms with van der Waals surface area (Å²) >= 11 is 0. The van der Waals surface area contributed by atoms with E-state index in [4.69, 9.17) is 0 Å². The number of unbranched alkanes of at least 4 members (excludes halogenated alkanes) is 1. The van der Waals surface area contributed by atoms with Gasteiger partial charge in [-0.25, -0.2) is 9.18 Å². The number of anilines is 1. The van der Waals surface area contributed by atoms with Crippen molar-refractivity contribution in [3.63, 3.8) is 0 Å². The van der Waals surface area contributed by atoms with Crippen molar-refractivity contribution in [1.82, 2.24) is 10.2 Å². The summed E-state index contributed by atoms with van der Waals surface area (Å²) in [5, 5.41) is 2.80. The number of hydrogen-bond donors (Lipinski definition) is 1. The average molecular weight is 409 g/mol. The van der Waals surface area contributed by atoms with E-state index in [2.05, 4.69) is 5.32 Å². The first-order valence-electron chi connectivity index (χ1n) is 10.2. The topological polar surface area (TPSA) is 69.7 Å². The number of halogens is 1. The maximum absolute atomic E-state index is 13.4. The Kier molecular flexibility index (Phi) is 5.28. The molecule has 7 heteroatoms. The Morgan fingerprint density at radius 3 is 2.60 bits per heavy atom. The molecule has 0 bridgehead atoms. The van der Waals surface area contributed by atoms with Gasteiger partial charge in [0.05, 0.1) is 0 Å². The molecule has 2 aromatic carbocycles. The van der Waals surface area contributed by atoms with Gasteiger partial charge in [0, 0.05) is 12.2 Å². The molecule has 0 unspecified atom stereocenters. The first-order chi connectivity index (χ1) is 14.5. The van der Waals surface area contributed by atoms with Gasteiger partial charge in [-0.15, -0.1) is 0 Å². The number of amides is 4. The molecular weight excluding hydrogens is 385 g/mol. The minimum absolute atomic E-state index is 0.297. The lowest BCUT2D eigenvalue weighted by molar-refractivity contribution is -0.134. The van der Waals surface area contributed by atoms with Crippen LogP contribution >= 0.6 is 0 Å². The fourth-order valence-corrected chi connectivity index (χ4v) is 4.27. The number of para-hydroxylation sites is 1. The summed E-state index contributed by atoms with van der Waals surface area (Å²) in [6.45, 7) is 2.20. The van der Waals surface area contributed by atoms with E-state index in [-0.39, 0.29) is 12.5 Å². The molecule has 156 valence electrons. The number of fused-ring (bicyclic) bond motifs is 1. The van der Waals surface area contributed by atoms with Gasteiger partial charge in [-0.3, -0.25) is 14.5 Å². The van der Waals surface area contributed by atoms with Crippen LogP contribution < -0.4 is 10.2 Å². The summed E-state index contributed by atoms with van der Waals surface area (Å²) in [6, 6.07) is 12.6. The minimum Gasteiger partial charge on any atom is -0.319 e. The van der Waals surface area contributed by atoms with Crippen molar-refractivity contribution in [3.8, 4) is 0 Å². The predicted molar refractivity (Wildman–Crippen MR) is 110 cm³/mol.